The number of aliphatic carboxylic acids is 1. The number of hydrogen-bond donors (Lipinski definition) is 5. The molecule has 6 N–H and O–H groups in total. The van der Waals surface area contributed by atoms with Gasteiger partial charge >= 0.3 is 19.3 Å². The summed E-state index contributed by atoms with van der Waals surface area (Å²) in [6.45, 7) is -0.584. The molecule has 2 rings (SSSR count). The Hall–Kier alpha value is -1.82. The van der Waals surface area contributed by atoms with Crippen LogP contribution in [-0.2, 0) is 18.6 Å². The Labute approximate surface area is 141 Å². The first kappa shape index (κ1) is 19.5. The fourth-order valence-electron chi connectivity index (χ4n) is 2.21. The molecule has 1 aliphatic rings. The van der Waals surface area contributed by atoms with Crippen LogP contribution in [-0.4, -0.2) is 66.8 Å². The maximum Gasteiger partial charge on any atom is 0.351 e. The van der Waals surface area contributed by atoms with E-state index in [2.05, 4.69) is 4.98 Å². The van der Waals surface area contributed by atoms with Crippen LogP contribution >= 0.6 is 7.60 Å². The van der Waals surface area contributed by atoms with Crippen LogP contribution in [0, 0.1) is 0 Å². The number of nitrogens with two attached hydrogens (primary N) is 1. The molecular formula is C12H18N3O9P. The van der Waals surface area contributed by atoms with Crippen LogP contribution in [0.15, 0.2) is 17.1 Å². The van der Waals surface area contributed by atoms with Gasteiger partial charge in [-0.05, 0) is 6.07 Å². The summed E-state index contributed by atoms with van der Waals surface area (Å²) in [5, 5.41) is 28.5. The number of aliphatic hydroxyl groups is 2. The number of anilines is 1. The number of hydrogen-bond acceptors (Lipinski definition) is 9. The van der Waals surface area contributed by atoms with E-state index in [-0.39, 0.29) is 5.82 Å². The molecule has 0 spiro atoms. The van der Waals surface area contributed by atoms with Crippen molar-refractivity contribution in [2.45, 2.75) is 31.0 Å². The number of ether oxygens (including phenoxy) is 1. The fourth-order valence-corrected chi connectivity index (χ4v) is 3.19. The van der Waals surface area contributed by atoms with Gasteiger partial charge in [0.1, 0.15) is 24.1 Å². The normalized spacial score (nSPS) is 28.6. The molecule has 140 valence electrons. The zero-order valence-corrected chi connectivity index (χ0v) is 13.7. The molecule has 25 heavy (non-hydrogen) atoms. The van der Waals surface area contributed by atoms with Gasteiger partial charge in [0.25, 0.3) is 0 Å². The number of rotatable bonds is 7. The van der Waals surface area contributed by atoms with Crippen molar-refractivity contribution in [3.63, 3.8) is 0 Å². The Balaban J connectivity index is 2.03. The second kappa shape index (κ2) is 7.60. The van der Waals surface area contributed by atoms with Gasteiger partial charge in [0.15, 0.2) is 6.23 Å². The molecule has 0 radical (unpaired) electrons. The molecular weight excluding hydrogens is 361 g/mol. The Morgan fingerprint density at radius 2 is 2.12 bits per heavy atom. The Morgan fingerprint density at radius 3 is 2.72 bits per heavy atom. The number of carboxylic acid groups (broad SMARTS) is 1. The second-order valence-electron chi connectivity index (χ2n) is 5.39. The summed E-state index contributed by atoms with van der Waals surface area (Å²) in [4.78, 5) is 35.2. The van der Waals surface area contributed by atoms with E-state index in [9.17, 15) is 29.3 Å². The van der Waals surface area contributed by atoms with Crippen molar-refractivity contribution >= 4 is 19.4 Å². The highest BCUT2D eigenvalue weighted by Gasteiger charge is 2.45. The van der Waals surface area contributed by atoms with Crippen molar-refractivity contribution in [1.82, 2.24) is 9.55 Å². The van der Waals surface area contributed by atoms with E-state index in [4.69, 9.17) is 20.1 Å². The van der Waals surface area contributed by atoms with Crippen molar-refractivity contribution in [3.8, 4) is 0 Å². The zero-order valence-electron chi connectivity index (χ0n) is 12.8. The molecule has 2 heterocycles. The first-order valence-corrected chi connectivity index (χ1v) is 8.91. The molecule has 1 fully saturated rings. The lowest BCUT2D eigenvalue weighted by Crippen LogP contribution is -2.36. The van der Waals surface area contributed by atoms with E-state index in [1.54, 1.807) is 0 Å². The van der Waals surface area contributed by atoms with Crippen molar-refractivity contribution < 1.29 is 38.8 Å². The van der Waals surface area contributed by atoms with E-state index >= 15 is 0 Å². The zero-order chi connectivity index (χ0) is 18.8. The molecule has 5 atom stereocenters. The SMILES string of the molecule is Nc1ccn([C@@H]2O[C@H](COP(=O)(O)CCC(=O)O)C(O)[C@@H]2O)c(=O)n1. The van der Waals surface area contributed by atoms with E-state index < -0.39 is 63.0 Å². The summed E-state index contributed by atoms with van der Waals surface area (Å²) in [6.07, 6.45) is -5.49. The van der Waals surface area contributed by atoms with Crippen LogP contribution in [0.2, 0.25) is 0 Å². The van der Waals surface area contributed by atoms with Crippen LogP contribution < -0.4 is 11.4 Å². The molecule has 0 bridgehead atoms. The number of aliphatic hydroxyl groups excluding tert-OH is 2. The lowest BCUT2D eigenvalue weighted by molar-refractivity contribution is -0.136. The number of nitrogen functional groups attached to an aromatic ring is 1. The average Bonchev–Trinajstić information content (AvgIpc) is 2.80. The summed E-state index contributed by atoms with van der Waals surface area (Å²) >= 11 is 0. The smallest absolute Gasteiger partial charge is 0.351 e. The third kappa shape index (κ3) is 4.84. The maximum absolute atomic E-state index is 11.8. The highest BCUT2D eigenvalue weighted by Crippen LogP contribution is 2.43. The number of carboxylic acids is 1. The lowest BCUT2D eigenvalue weighted by Gasteiger charge is -2.17. The average molecular weight is 379 g/mol. The summed E-state index contributed by atoms with van der Waals surface area (Å²) in [6, 6.07) is 1.29. The molecule has 0 aliphatic carbocycles. The van der Waals surface area contributed by atoms with Crippen molar-refractivity contribution in [2.75, 3.05) is 18.5 Å². The third-order valence-corrected chi connectivity index (χ3v) is 4.85. The summed E-state index contributed by atoms with van der Waals surface area (Å²) in [7, 11) is -4.20. The first-order chi connectivity index (χ1) is 11.6. The quantitative estimate of drug-likeness (QED) is 0.333. The van der Waals surface area contributed by atoms with Gasteiger partial charge in [-0.1, -0.05) is 0 Å². The Morgan fingerprint density at radius 1 is 1.44 bits per heavy atom. The molecule has 13 heteroatoms. The monoisotopic (exact) mass is 379 g/mol. The van der Waals surface area contributed by atoms with Crippen LogP contribution in [0.25, 0.3) is 0 Å². The van der Waals surface area contributed by atoms with Gasteiger partial charge in [0.05, 0.1) is 19.2 Å². The Bertz CT molecular complexity index is 739. The van der Waals surface area contributed by atoms with Gasteiger partial charge in [-0.25, -0.2) is 4.79 Å². The highest BCUT2D eigenvalue weighted by molar-refractivity contribution is 7.52. The Kier molecular flexibility index (Phi) is 5.93. The summed E-state index contributed by atoms with van der Waals surface area (Å²) < 4.78 is 22.7. The summed E-state index contributed by atoms with van der Waals surface area (Å²) in [5.74, 6) is -1.30. The topological polar surface area (TPSA) is 194 Å². The molecule has 1 saturated heterocycles. The van der Waals surface area contributed by atoms with Gasteiger partial charge in [0.2, 0.25) is 0 Å². The van der Waals surface area contributed by atoms with Gasteiger partial charge in [-0.3, -0.25) is 13.9 Å². The third-order valence-electron chi connectivity index (χ3n) is 3.51. The molecule has 0 saturated carbocycles. The van der Waals surface area contributed by atoms with Crippen LogP contribution in [0.5, 0.6) is 0 Å². The van der Waals surface area contributed by atoms with E-state index in [0.29, 0.717) is 0 Å². The van der Waals surface area contributed by atoms with Crippen molar-refractivity contribution in [2.24, 2.45) is 0 Å². The lowest BCUT2D eigenvalue weighted by atomic mass is 10.1. The van der Waals surface area contributed by atoms with Crippen molar-refractivity contribution in [3.05, 3.63) is 22.7 Å². The van der Waals surface area contributed by atoms with Crippen LogP contribution in [0.4, 0.5) is 5.82 Å². The van der Waals surface area contributed by atoms with Crippen LogP contribution in [0.1, 0.15) is 12.6 Å². The summed E-state index contributed by atoms with van der Waals surface area (Å²) in [5.41, 5.74) is 4.55. The molecule has 1 aromatic heterocycles. The van der Waals surface area contributed by atoms with Gasteiger partial charge in [-0.2, -0.15) is 4.98 Å². The largest absolute Gasteiger partial charge is 0.481 e. The standard InChI is InChI=1S/C12H18N3O9P/c13-7-1-3-15(12(20)14-7)11-10(19)9(18)6(24-11)5-23-25(21,22)4-2-8(16)17/h1,3,6,9-11,18-19H,2,4-5H2,(H,16,17)(H,21,22)(H2,13,14,20)/t6-,9?,10+,11-/m1/s1. The van der Waals surface area contributed by atoms with Crippen LogP contribution in [0.3, 0.4) is 0 Å². The maximum atomic E-state index is 11.8. The van der Waals surface area contributed by atoms with Gasteiger partial charge < -0.3 is 35.2 Å². The molecule has 0 amide bonds. The molecule has 0 aromatic carbocycles. The minimum Gasteiger partial charge on any atom is -0.481 e. The minimum atomic E-state index is -4.20. The van der Waals surface area contributed by atoms with E-state index in [1.165, 1.54) is 12.3 Å². The fraction of sp³-hybridized carbons (Fsp3) is 0.583. The molecule has 2 unspecified atom stereocenters. The predicted octanol–water partition coefficient (Wildman–Crippen LogP) is -1.88. The predicted molar refractivity (Wildman–Crippen MR) is 81.7 cm³/mol. The molecule has 1 aliphatic heterocycles. The molecule has 1 aromatic rings. The van der Waals surface area contributed by atoms with E-state index in [1.807, 2.05) is 0 Å². The van der Waals surface area contributed by atoms with Crippen molar-refractivity contribution in [1.29, 1.82) is 0 Å². The number of aromatic nitrogens is 2. The molecule has 12 nitrogen and oxygen atoms in total. The number of carbonyl (C=O) groups is 1. The van der Waals surface area contributed by atoms with E-state index in [0.717, 1.165) is 4.57 Å². The highest BCUT2D eigenvalue weighted by atomic mass is 31.2. The second-order valence-corrected chi connectivity index (χ2v) is 7.37. The number of nitrogens with zero attached hydrogens (tertiary/aromatic N) is 2. The van der Waals surface area contributed by atoms with Gasteiger partial charge in [-0.15, -0.1) is 0 Å². The minimum absolute atomic E-state index is 0.0335. The van der Waals surface area contributed by atoms with Gasteiger partial charge in [0, 0.05) is 6.20 Å². The first-order valence-electron chi connectivity index (χ1n) is 7.15.